The van der Waals surface area contributed by atoms with E-state index in [4.69, 9.17) is 11.6 Å². The van der Waals surface area contributed by atoms with Crippen molar-refractivity contribution in [3.05, 3.63) is 34.9 Å². The number of rotatable bonds is 1. The minimum absolute atomic E-state index is 0.545. The van der Waals surface area contributed by atoms with E-state index in [1.165, 1.54) is 12.0 Å². The fourth-order valence-corrected chi connectivity index (χ4v) is 2.67. The van der Waals surface area contributed by atoms with E-state index in [2.05, 4.69) is 22.4 Å². The Balaban J connectivity index is 2.11. The lowest BCUT2D eigenvalue weighted by molar-refractivity contribution is 0.762. The Morgan fingerprint density at radius 2 is 2.44 bits per heavy atom. The Morgan fingerprint density at radius 1 is 1.56 bits per heavy atom. The first-order chi connectivity index (χ1) is 7.75. The third kappa shape index (κ3) is 1.51. The van der Waals surface area contributed by atoms with E-state index in [9.17, 15) is 0 Å². The van der Waals surface area contributed by atoms with Crippen LogP contribution in [0.3, 0.4) is 0 Å². The lowest BCUT2D eigenvalue weighted by Gasteiger charge is -2.09. The van der Waals surface area contributed by atoms with Crippen LogP contribution < -0.4 is 5.32 Å². The number of aryl methyl sites for hydroxylation is 1. The smallest absolute Gasteiger partial charge is 0.207 e. The molecule has 2 aromatic heterocycles. The van der Waals surface area contributed by atoms with Gasteiger partial charge in [-0.15, -0.1) is 0 Å². The lowest BCUT2D eigenvalue weighted by Crippen LogP contribution is -2.08. The second kappa shape index (κ2) is 3.75. The maximum atomic E-state index is 6.03. The number of nitrogens with one attached hydrogen (secondary N) is 1. The normalized spacial score (nSPS) is 20.8. The minimum Gasteiger partial charge on any atom is -0.316 e. The van der Waals surface area contributed by atoms with Crippen molar-refractivity contribution < 1.29 is 0 Å². The zero-order valence-electron chi connectivity index (χ0n) is 9.20. The zero-order chi connectivity index (χ0) is 11.1. The first kappa shape index (κ1) is 10.1. The molecule has 0 aromatic carbocycles. The maximum Gasteiger partial charge on any atom is 0.207 e. The van der Waals surface area contributed by atoms with Gasteiger partial charge in [-0.3, -0.25) is 4.40 Å². The molecule has 0 bridgehead atoms. The van der Waals surface area contributed by atoms with Crippen LogP contribution in [0, 0.1) is 6.92 Å². The van der Waals surface area contributed by atoms with Crippen LogP contribution in [0.15, 0.2) is 18.3 Å². The number of pyridine rings is 1. The molecule has 0 spiro atoms. The SMILES string of the molecule is Cc1nc(Cl)n2ccc(C3CCNC3)cc12. The summed E-state index contributed by atoms with van der Waals surface area (Å²) in [6.07, 6.45) is 3.24. The topological polar surface area (TPSA) is 29.3 Å². The molecule has 0 saturated carbocycles. The third-order valence-electron chi connectivity index (χ3n) is 3.34. The van der Waals surface area contributed by atoms with E-state index in [0.717, 1.165) is 24.3 Å². The van der Waals surface area contributed by atoms with Crippen molar-refractivity contribution in [1.29, 1.82) is 0 Å². The molecule has 1 unspecified atom stereocenters. The van der Waals surface area contributed by atoms with Crippen molar-refractivity contribution >= 4 is 17.1 Å². The molecular weight excluding hydrogens is 222 g/mol. The largest absolute Gasteiger partial charge is 0.316 e. The molecule has 0 aliphatic carbocycles. The number of imidazole rings is 1. The number of halogens is 1. The predicted molar refractivity (Wildman–Crippen MR) is 65.2 cm³/mol. The second-order valence-electron chi connectivity index (χ2n) is 4.37. The molecule has 2 aromatic rings. The van der Waals surface area contributed by atoms with Gasteiger partial charge in [0.15, 0.2) is 0 Å². The molecule has 3 rings (SSSR count). The second-order valence-corrected chi connectivity index (χ2v) is 4.71. The fraction of sp³-hybridized carbons (Fsp3) is 0.417. The van der Waals surface area contributed by atoms with Gasteiger partial charge in [-0.2, -0.15) is 0 Å². The average molecular weight is 236 g/mol. The summed E-state index contributed by atoms with van der Waals surface area (Å²) in [5, 5.41) is 3.94. The summed E-state index contributed by atoms with van der Waals surface area (Å²) in [5.41, 5.74) is 3.50. The molecule has 1 aliphatic heterocycles. The monoisotopic (exact) mass is 235 g/mol. The van der Waals surface area contributed by atoms with Crippen molar-refractivity contribution in [3.63, 3.8) is 0 Å². The maximum absolute atomic E-state index is 6.03. The lowest BCUT2D eigenvalue weighted by atomic mass is 9.99. The Morgan fingerprint density at radius 3 is 3.19 bits per heavy atom. The summed E-state index contributed by atoms with van der Waals surface area (Å²) in [7, 11) is 0. The van der Waals surface area contributed by atoms with Crippen LogP contribution in [0.4, 0.5) is 0 Å². The van der Waals surface area contributed by atoms with Gasteiger partial charge >= 0.3 is 0 Å². The first-order valence-electron chi connectivity index (χ1n) is 5.60. The molecule has 0 radical (unpaired) electrons. The molecule has 0 amide bonds. The summed E-state index contributed by atoms with van der Waals surface area (Å²) in [6.45, 7) is 4.20. The molecule has 1 saturated heterocycles. The Labute approximate surface area is 99.4 Å². The van der Waals surface area contributed by atoms with Crippen molar-refractivity contribution in [1.82, 2.24) is 14.7 Å². The Hall–Kier alpha value is -1.06. The van der Waals surface area contributed by atoms with E-state index < -0.39 is 0 Å². The van der Waals surface area contributed by atoms with Crippen LogP contribution >= 0.6 is 11.6 Å². The number of nitrogens with zero attached hydrogens (tertiary/aromatic N) is 2. The number of hydrogen-bond donors (Lipinski definition) is 1. The molecule has 84 valence electrons. The summed E-state index contributed by atoms with van der Waals surface area (Å²) >= 11 is 6.03. The quantitative estimate of drug-likeness (QED) is 0.823. The highest BCUT2D eigenvalue weighted by molar-refractivity contribution is 6.28. The van der Waals surface area contributed by atoms with Crippen molar-refractivity contribution in [3.8, 4) is 0 Å². The Kier molecular flexibility index (Phi) is 2.37. The van der Waals surface area contributed by atoms with Gasteiger partial charge in [0.1, 0.15) is 0 Å². The number of fused-ring (bicyclic) bond motifs is 1. The number of hydrogen-bond acceptors (Lipinski definition) is 2. The van der Waals surface area contributed by atoms with Crippen molar-refractivity contribution in [2.75, 3.05) is 13.1 Å². The van der Waals surface area contributed by atoms with E-state index >= 15 is 0 Å². The van der Waals surface area contributed by atoms with Crippen molar-refractivity contribution in [2.45, 2.75) is 19.3 Å². The molecular formula is C12H14ClN3. The fourth-order valence-electron chi connectivity index (χ4n) is 2.40. The van der Waals surface area contributed by atoms with E-state index in [1.807, 2.05) is 17.5 Å². The van der Waals surface area contributed by atoms with Crippen LogP contribution in [0.25, 0.3) is 5.52 Å². The summed E-state index contributed by atoms with van der Waals surface area (Å²) in [6, 6.07) is 4.36. The molecule has 3 heterocycles. The van der Waals surface area contributed by atoms with Gasteiger partial charge in [0.05, 0.1) is 11.2 Å². The highest BCUT2D eigenvalue weighted by Gasteiger charge is 2.17. The molecule has 1 N–H and O–H groups in total. The van der Waals surface area contributed by atoms with Crippen LogP contribution in [-0.4, -0.2) is 22.5 Å². The average Bonchev–Trinajstić information content (AvgIpc) is 2.88. The van der Waals surface area contributed by atoms with Gasteiger partial charge in [0.2, 0.25) is 5.28 Å². The summed E-state index contributed by atoms with van der Waals surface area (Å²) < 4.78 is 1.93. The van der Waals surface area contributed by atoms with Crippen LogP contribution in [-0.2, 0) is 0 Å². The highest BCUT2D eigenvalue weighted by atomic mass is 35.5. The zero-order valence-corrected chi connectivity index (χ0v) is 9.96. The van der Waals surface area contributed by atoms with E-state index in [1.54, 1.807) is 0 Å². The van der Waals surface area contributed by atoms with E-state index in [0.29, 0.717) is 11.2 Å². The molecule has 4 heteroatoms. The van der Waals surface area contributed by atoms with Gasteiger partial charge in [-0.25, -0.2) is 4.98 Å². The van der Waals surface area contributed by atoms with Gasteiger partial charge in [0.25, 0.3) is 0 Å². The predicted octanol–water partition coefficient (Wildman–Crippen LogP) is 2.37. The standard InChI is InChI=1S/C12H14ClN3/c1-8-11-6-9(10-2-4-14-7-10)3-5-16(11)12(13)15-8/h3,5-6,10,14H,2,4,7H2,1H3. The Bertz CT molecular complexity index is 526. The minimum atomic E-state index is 0.545. The van der Waals surface area contributed by atoms with Crippen molar-refractivity contribution in [2.24, 2.45) is 0 Å². The molecule has 1 atom stereocenters. The van der Waals surface area contributed by atoms with Gasteiger partial charge < -0.3 is 5.32 Å². The van der Waals surface area contributed by atoms with Gasteiger partial charge in [0, 0.05) is 12.7 Å². The number of aromatic nitrogens is 2. The first-order valence-corrected chi connectivity index (χ1v) is 5.98. The van der Waals surface area contributed by atoms with Gasteiger partial charge in [-0.05, 0) is 55.1 Å². The van der Waals surface area contributed by atoms with Gasteiger partial charge in [-0.1, -0.05) is 0 Å². The van der Waals surface area contributed by atoms with Crippen LogP contribution in [0.5, 0.6) is 0 Å². The molecule has 1 fully saturated rings. The highest BCUT2D eigenvalue weighted by Crippen LogP contribution is 2.25. The third-order valence-corrected chi connectivity index (χ3v) is 3.61. The van der Waals surface area contributed by atoms with Crippen LogP contribution in [0.2, 0.25) is 5.28 Å². The summed E-state index contributed by atoms with van der Waals surface area (Å²) in [5.74, 6) is 0.637. The molecule has 1 aliphatic rings. The van der Waals surface area contributed by atoms with Crippen LogP contribution in [0.1, 0.15) is 23.6 Å². The molecule has 16 heavy (non-hydrogen) atoms. The van der Waals surface area contributed by atoms with E-state index in [-0.39, 0.29) is 0 Å². The summed E-state index contributed by atoms with van der Waals surface area (Å²) in [4.78, 5) is 4.27. The molecule has 3 nitrogen and oxygen atoms in total.